The van der Waals surface area contributed by atoms with Gasteiger partial charge in [-0.15, -0.1) is 0 Å². The summed E-state index contributed by atoms with van der Waals surface area (Å²) in [6.07, 6.45) is 2.35. The predicted octanol–water partition coefficient (Wildman–Crippen LogP) is -0.682. The Morgan fingerprint density at radius 2 is 1.55 bits per heavy atom. The smallest absolute Gasteiger partial charge is 0.743 e. The Labute approximate surface area is 148 Å². The van der Waals surface area contributed by atoms with Gasteiger partial charge in [-0.3, -0.25) is 0 Å². The van der Waals surface area contributed by atoms with E-state index < -0.39 is 34.3 Å². The van der Waals surface area contributed by atoms with Crippen LogP contribution in [0.4, 0.5) is 17.6 Å². The molecule has 0 aliphatic heterocycles. The van der Waals surface area contributed by atoms with Crippen molar-refractivity contribution in [3.63, 3.8) is 0 Å². The molecule has 0 saturated heterocycles. The SMILES string of the molecule is C=O.O=S(=O)([O-])C(F)(F)C(F)(F)CCOC1CCCCC1.[Na+]. The third kappa shape index (κ3) is 6.79. The zero-order valence-electron chi connectivity index (χ0n) is 12.2. The van der Waals surface area contributed by atoms with E-state index in [-0.39, 0.29) is 35.7 Å². The van der Waals surface area contributed by atoms with Gasteiger partial charge < -0.3 is 14.1 Å². The van der Waals surface area contributed by atoms with Crippen molar-refractivity contribution in [2.24, 2.45) is 0 Å². The van der Waals surface area contributed by atoms with Crippen LogP contribution in [0.3, 0.4) is 0 Å². The first-order valence-corrected chi connectivity index (χ1v) is 7.60. The Bertz CT molecular complexity index is 413. The molecule has 1 aliphatic carbocycles. The number of carbonyl (C=O) groups is 1. The van der Waals surface area contributed by atoms with E-state index in [1.165, 1.54) is 0 Å². The van der Waals surface area contributed by atoms with Crippen LogP contribution in [-0.4, -0.2) is 43.6 Å². The Kier molecular flexibility index (Phi) is 11.4. The molecule has 1 fully saturated rings. The van der Waals surface area contributed by atoms with Crippen molar-refractivity contribution in [2.75, 3.05) is 6.61 Å². The average Bonchev–Trinajstić information content (AvgIpc) is 2.40. The first kappa shape index (κ1) is 24.5. The quantitative estimate of drug-likeness (QED) is 0.356. The van der Waals surface area contributed by atoms with Gasteiger partial charge in [-0.1, -0.05) is 19.3 Å². The molecule has 11 heteroatoms. The second-order valence-electron chi connectivity index (χ2n) is 4.56. The largest absolute Gasteiger partial charge is 1.00 e. The predicted molar refractivity (Wildman–Crippen MR) is 64.2 cm³/mol. The normalized spacial score (nSPS) is 17.1. The molecule has 0 aromatic heterocycles. The van der Waals surface area contributed by atoms with E-state index in [1.807, 2.05) is 6.79 Å². The summed E-state index contributed by atoms with van der Waals surface area (Å²) in [5.74, 6) is -4.93. The third-order valence-electron chi connectivity index (χ3n) is 3.06. The Morgan fingerprint density at radius 1 is 1.09 bits per heavy atom. The zero-order chi connectivity index (χ0) is 16.7. The topological polar surface area (TPSA) is 83.5 Å². The monoisotopic (exact) mass is 360 g/mol. The fourth-order valence-electron chi connectivity index (χ4n) is 1.91. The Morgan fingerprint density at radius 3 is 1.95 bits per heavy atom. The van der Waals surface area contributed by atoms with Crippen LogP contribution < -0.4 is 29.6 Å². The van der Waals surface area contributed by atoms with E-state index in [0.717, 1.165) is 19.3 Å². The van der Waals surface area contributed by atoms with Gasteiger partial charge in [0.15, 0.2) is 10.1 Å². The number of alkyl halides is 4. The molecule has 0 N–H and O–H groups in total. The number of halogens is 4. The summed E-state index contributed by atoms with van der Waals surface area (Å²) in [5, 5.41) is -5.62. The van der Waals surface area contributed by atoms with Gasteiger partial charge in [-0.05, 0) is 12.8 Å². The minimum Gasteiger partial charge on any atom is -0.743 e. The molecule has 1 rings (SSSR count). The molecule has 22 heavy (non-hydrogen) atoms. The first-order valence-electron chi connectivity index (χ1n) is 6.19. The van der Waals surface area contributed by atoms with E-state index in [2.05, 4.69) is 0 Å². The van der Waals surface area contributed by atoms with Gasteiger partial charge in [0.05, 0.1) is 12.7 Å². The number of hydrogen-bond acceptors (Lipinski definition) is 5. The molecule has 0 aromatic rings. The maximum atomic E-state index is 13.0. The number of carbonyl (C=O) groups excluding carboxylic acids is 1. The second-order valence-corrected chi connectivity index (χ2v) is 5.98. The Hall–Kier alpha value is 0.260. The van der Waals surface area contributed by atoms with E-state index in [9.17, 15) is 30.5 Å². The van der Waals surface area contributed by atoms with Gasteiger partial charge in [0, 0.05) is 6.42 Å². The first-order chi connectivity index (χ1) is 9.58. The van der Waals surface area contributed by atoms with Crippen LogP contribution >= 0.6 is 0 Å². The number of ether oxygens (including phenoxy) is 1. The Balaban J connectivity index is 0. The summed E-state index contributed by atoms with van der Waals surface area (Å²) in [7, 11) is -6.40. The summed E-state index contributed by atoms with van der Waals surface area (Å²) in [6.45, 7) is 1.29. The molecule has 0 unspecified atom stereocenters. The summed E-state index contributed by atoms with van der Waals surface area (Å²) in [5.41, 5.74) is 0. The van der Waals surface area contributed by atoms with Crippen molar-refractivity contribution >= 4 is 16.9 Å². The van der Waals surface area contributed by atoms with Crippen molar-refractivity contribution in [2.45, 2.75) is 55.8 Å². The average molecular weight is 360 g/mol. The maximum absolute atomic E-state index is 13.0. The molecule has 0 atom stereocenters. The van der Waals surface area contributed by atoms with Crippen LogP contribution in [-0.2, 0) is 19.6 Å². The summed E-state index contributed by atoms with van der Waals surface area (Å²) in [4.78, 5) is 8.00. The minimum atomic E-state index is -6.40. The third-order valence-corrected chi connectivity index (χ3v) is 3.99. The van der Waals surface area contributed by atoms with E-state index in [0.29, 0.717) is 12.8 Å². The van der Waals surface area contributed by atoms with Gasteiger partial charge in [-0.2, -0.15) is 17.6 Å². The van der Waals surface area contributed by atoms with Crippen molar-refractivity contribution in [1.82, 2.24) is 0 Å². The number of rotatable bonds is 6. The molecule has 1 aliphatic rings. The van der Waals surface area contributed by atoms with Crippen LogP contribution in [0, 0.1) is 0 Å². The molecule has 0 spiro atoms. The van der Waals surface area contributed by atoms with Crippen molar-refractivity contribution in [1.29, 1.82) is 0 Å². The summed E-state index contributed by atoms with van der Waals surface area (Å²) in [6, 6.07) is 0. The molecule has 126 valence electrons. The van der Waals surface area contributed by atoms with Crippen LogP contribution in [0.2, 0.25) is 0 Å². The summed E-state index contributed by atoms with van der Waals surface area (Å²) < 4.78 is 87.1. The molecule has 0 aromatic carbocycles. The molecular formula is C11H17F4NaO5S. The molecule has 0 heterocycles. The standard InChI is InChI=1S/C10H16F4O4S.CH2O.Na/c11-9(12,10(13,14)19(15,16)17)6-7-18-8-4-2-1-3-5-8;1-2;/h8H,1-7H2,(H,15,16,17);1H2;/q;;+1/p-1. The van der Waals surface area contributed by atoms with Gasteiger partial charge in [0.25, 0.3) is 0 Å². The van der Waals surface area contributed by atoms with Crippen LogP contribution in [0.15, 0.2) is 0 Å². The molecule has 1 saturated carbocycles. The molecule has 0 bridgehead atoms. The second kappa shape index (κ2) is 10.2. The van der Waals surface area contributed by atoms with Gasteiger partial charge in [0.1, 0.15) is 6.79 Å². The van der Waals surface area contributed by atoms with Crippen molar-refractivity contribution < 1.29 is 69.6 Å². The molecule has 0 amide bonds. The molecule has 0 radical (unpaired) electrons. The van der Waals surface area contributed by atoms with Crippen LogP contribution in [0.1, 0.15) is 38.5 Å². The minimum absolute atomic E-state index is 0. The van der Waals surface area contributed by atoms with Crippen molar-refractivity contribution in [3.05, 3.63) is 0 Å². The van der Waals surface area contributed by atoms with Gasteiger partial charge in [-0.25, -0.2) is 8.42 Å². The fourth-order valence-corrected chi connectivity index (χ4v) is 2.38. The van der Waals surface area contributed by atoms with E-state index in [4.69, 9.17) is 9.53 Å². The van der Waals surface area contributed by atoms with Crippen LogP contribution in [0.25, 0.3) is 0 Å². The zero-order valence-corrected chi connectivity index (χ0v) is 15.0. The van der Waals surface area contributed by atoms with Crippen molar-refractivity contribution in [3.8, 4) is 0 Å². The van der Waals surface area contributed by atoms with E-state index in [1.54, 1.807) is 0 Å². The van der Waals surface area contributed by atoms with E-state index >= 15 is 0 Å². The molecule has 5 nitrogen and oxygen atoms in total. The summed E-state index contributed by atoms with van der Waals surface area (Å²) >= 11 is 0. The van der Waals surface area contributed by atoms with Gasteiger partial charge in [0.2, 0.25) is 0 Å². The number of hydrogen-bond donors (Lipinski definition) is 0. The van der Waals surface area contributed by atoms with Crippen LogP contribution in [0.5, 0.6) is 0 Å². The maximum Gasteiger partial charge on any atom is 1.00 e. The molecular weight excluding hydrogens is 343 g/mol. The fraction of sp³-hybridized carbons (Fsp3) is 0.909. The van der Waals surface area contributed by atoms with Gasteiger partial charge >= 0.3 is 40.7 Å².